The van der Waals surface area contributed by atoms with Crippen LogP contribution in [-0.2, 0) is 0 Å². The highest BCUT2D eigenvalue weighted by Crippen LogP contribution is 2.41. The Bertz CT molecular complexity index is 1180. The molecule has 0 aliphatic heterocycles. The van der Waals surface area contributed by atoms with Crippen LogP contribution in [0.25, 0.3) is 33.1 Å². The maximum atomic E-state index is 6.70. The molecule has 0 atom stereocenters. The number of rotatable bonds is 3. The van der Waals surface area contributed by atoms with Gasteiger partial charge in [-0.1, -0.05) is 26.8 Å². The Labute approximate surface area is 174 Å². The summed E-state index contributed by atoms with van der Waals surface area (Å²) in [4.78, 5) is 12.4. The topological polar surface area (TPSA) is 50.8 Å². The second kappa shape index (κ2) is 6.71. The normalized spacial score (nSPS) is 12.6. The number of fused-ring (bicyclic) bond motifs is 2. The fourth-order valence-corrected chi connectivity index (χ4v) is 4.38. The summed E-state index contributed by atoms with van der Waals surface area (Å²) in [6, 6.07) is 10.4. The SMILES string of the molecule is CC(C)(C)[Si](C)(C)Oc1cc(-c2c[nH]c3ncc(Br)cc23)cc2cccnc12. The average Bonchev–Trinajstić information content (AvgIpc) is 3.03. The van der Waals surface area contributed by atoms with Crippen molar-refractivity contribution in [1.82, 2.24) is 15.0 Å². The Morgan fingerprint density at radius 1 is 1.11 bits per heavy atom. The minimum atomic E-state index is -2.00. The molecule has 0 saturated carbocycles. The smallest absolute Gasteiger partial charge is 0.250 e. The third kappa shape index (κ3) is 3.35. The van der Waals surface area contributed by atoms with E-state index in [1.54, 1.807) is 6.20 Å². The molecule has 0 radical (unpaired) electrons. The predicted molar refractivity (Wildman–Crippen MR) is 122 cm³/mol. The maximum Gasteiger partial charge on any atom is 0.250 e. The first kappa shape index (κ1) is 19.1. The first-order chi connectivity index (χ1) is 13.2. The second-order valence-electron chi connectivity index (χ2n) is 8.66. The van der Waals surface area contributed by atoms with E-state index in [2.05, 4.69) is 89.0 Å². The third-order valence-corrected chi connectivity index (χ3v) is 10.4. The zero-order chi connectivity index (χ0) is 20.1. The van der Waals surface area contributed by atoms with Gasteiger partial charge in [-0.2, -0.15) is 0 Å². The van der Waals surface area contributed by atoms with Crippen molar-refractivity contribution in [2.24, 2.45) is 0 Å². The summed E-state index contributed by atoms with van der Waals surface area (Å²) in [5.41, 5.74) is 3.99. The fourth-order valence-electron chi connectivity index (χ4n) is 3.04. The molecule has 1 aromatic carbocycles. The Kier molecular flexibility index (Phi) is 4.59. The highest BCUT2D eigenvalue weighted by Gasteiger charge is 2.39. The molecule has 3 heterocycles. The summed E-state index contributed by atoms with van der Waals surface area (Å²) in [5.74, 6) is 0.858. The van der Waals surface area contributed by atoms with Crippen LogP contribution in [0.4, 0.5) is 0 Å². The van der Waals surface area contributed by atoms with E-state index in [0.717, 1.165) is 43.3 Å². The number of halogens is 1. The van der Waals surface area contributed by atoms with E-state index in [4.69, 9.17) is 4.43 Å². The first-order valence-electron chi connectivity index (χ1n) is 9.36. The zero-order valence-corrected chi connectivity index (χ0v) is 19.4. The predicted octanol–water partition coefficient (Wildman–Crippen LogP) is 6.92. The molecule has 0 saturated heterocycles. The van der Waals surface area contributed by atoms with Crippen LogP contribution in [0.15, 0.2) is 53.4 Å². The number of aromatic amines is 1. The molecule has 0 aliphatic carbocycles. The quantitative estimate of drug-likeness (QED) is 0.342. The molecular weight excluding hydrogens is 430 g/mol. The van der Waals surface area contributed by atoms with Crippen molar-refractivity contribution in [3.63, 3.8) is 0 Å². The molecule has 4 nitrogen and oxygen atoms in total. The van der Waals surface area contributed by atoms with Crippen molar-refractivity contribution in [2.45, 2.75) is 38.9 Å². The number of pyridine rings is 2. The van der Waals surface area contributed by atoms with Gasteiger partial charge in [0.05, 0.1) is 0 Å². The minimum Gasteiger partial charge on any atom is -0.542 e. The van der Waals surface area contributed by atoms with E-state index < -0.39 is 8.32 Å². The lowest BCUT2D eigenvalue weighted by atomic mass is 10.0. The number of nitrogens with zero attached hydrogens (tertiary/aromatic N) is 2. The number of nitrogens with one attached hydrogen (secondary N) is 1. The molecule has 0 amide bonds. The molecule has 144 valence electrons. The van der Waals surface area contributed by atoms with Gasteiger partial charge in [0.15, 0.2) is 0 Å². The maximum absolute atomic E-state index is 6.70. The summed E-state index contributed by atoms with van der Waals surface area (Å²) in [6.07, 6.45) is 5.64. The standard InChI is InChI=1S/C22H24BrN3OSi/c1-22(2,3)28(4,5)27-19-10-15(9-14-7-6-8-24-20(14)19)18-13-26-21-17(18)11-16(23)12-25-21/h6-13H,1-5H3,(H,25,26). The second-order valence-corrected chi connectivity index (χ2v) is 14.3. The van der Waals surface area contributed by atoms with Gasteiger partial charge in [-0.3, -0.25) is 4.98 Å². The Morgan fingerprint density at radius 3 is 2.64 bits per heavy atom. The van der Waals surface area contributed by atoms with Gasteiger partial charge < -0.3 is 9.41 Å². The molecular formula is C22H24BrN3OSi. The van der Waals surface area contributed by atoms with Crippen LogP contribution in [0.2, 0.25) is 18.1 Å². The monoisotopic (exact) mass is 453 g/mol. The Morgan fingerprint density at radius 2 is 1.89 bits per heavy atom. The molecule has 6 heteroatoms. The number of hydrogen-bond donors (Lipinski definition) is 1. The summed E-state index contributed by atoms with van der Waals surface area (Å²) in [7, 11) is -2.00. The van der Waals surface area contributed by atoms with Crippen LogP contribution < -0.4 is 4.43 Å². The number of H-pyrrole nitrogens is 1. The zero-order valence-electron chi connectivity index (χ0n) is 16.8. The highest BCUT2D eigenvalue weighted by atomic mass is 79.9. The van der Waals surface area contributed by atoms with Crippen molar-refractivity contribution < 1.29 is 4.43 Å². The van der Waals surface area contributed by atoms with E-state index in [9.17, 15) is 0 Å². The van der Waals surface area contributed by atoms with Gasteiger partial charge in [-0.15, -0.1) is 0 Å². The molecule has 4 aromatic rings. The third-order valence-electron chi connectivity index (χ3n) is 5.65. The number of benzene rings is 1. The summed E-state index contributed by atoms with van der Waals surface area (Å²) in [6.45, 7) is 11.3. The molecule has 3 aromatic heterocycles. The summed E-state index contributed by atoms with van der Waals surface area (Å²) >= 11 is 3.53. The van der Waals surface area contributed by atoms with Crippen molar-refractivity contribution in [3.8, 4) is 16.9 Å². The molecule has 0 bridgehead atoms. The number of aromatic nitrogens is 3. The van der Waals surface area contributed by atoms with Gasteiger partial charge in [0, 0.05) is 39.4 Å². The van der Waals surface area contributed by atoms with Crippen molar-refractivity contribution >= 4 is 46.2 Å². The molecule has 1 N–H and O–H groups in total. The lowest BCUT2D eigenvalue weighted by Crippen LogP contribution is -2.43. The highest BCUT2D eigenvalue weighted by molar-refractivity contribution is 9.10. The lowest BCUT2D eigenvalue weighted by molar-refractivity contribution is 0.496. The van der Waals surface area contributed by atoms with Gasteiger partial charge in [0.1, 0.15) is 16.9 Å². The van der Waals surface area contributed by atoms with Crippen molar-refractivity contribution in [3.05, 3.63) is 53.4 Å². The van der Waals surface area contributed by atoms with E-state index >= 15 is 0 Å². The van der Waals surface area contributed by atoms with E-state index in [1.165, 1.54) is 0 Å². The van der Waals surface area contributed by atoms with Gasteiger partial charge in [-0.25, -0.2) is 4.98 Å². The van der Waals surface area contributed by atoms with Crippen molar-refractivity contribution in [1.29, 1.82) is 0 Å². The molecule has 28 heavy (non-hydrogen) atoms. The molecule has 4 rings (SSSR count). The first-order valence-corrected chi connectivity index (χ1v) is 13.1. The van der Waals surface area contributed by atoms with Gasteiger partial charge >= 0.3 is 0 Å². The summed E-state index contributed by atoms with van der Waals surface area (Å²) < 4.78 is 7.65. The van der Waals surface area contributed by atoms with Crippen LogP contribution >= 0.6 is 15.9 Å². The van der Waals surface area contributed by atoms with Gasteiger partial charge in [0.2, 0.25) is 0 Å². The van der Waals surface area contributed by atoms with Gasteiger partial charge in [-0.05, 0) is 63.9 Å². The van der Waals surface area contributed by atoms with Crippen LogP contribution in [0.1, 0.15) is 20.8 Å². The van der Waals surface area contributed by atoms with Crippen LogP contribution in [0.5, 0.6) is 5.75 Å². The average molecular weight is 454 g/mol. The lowest BCUT2D eigenvalue weighted by Gasteiger charge is -2.36. The molecule has 0 fully saturated rings. The van der Waals surface area contributed by atoms with E-state index in [-0.39, 0.29) is 5.04 Å². The summed E-state index contributed by atoms with van der Waals surface area (Å²) in [5, 5.41) is 2.27. The molecule has 0 aliphatic rings. The molecule has 0 spiro atoms. The van der Waals surface area contributed by atoms with Crippen LogP contribution in [0.3, 0.4) is 0 Å². The Hall–Kier alpha value is -2.18. The van der Waals surface area contributed by atoms with Gasteiger partial charge in [0.25, 0.3) is 8.32 Å². The largest absolute Gasteiger partial charge is 0.542 e. The Balaban J connectivity index is 1.92. The minimum absolute atomic E-state index is 0.111. The van der Waals surface area contributed by atoms with Crippen molar-refractivity contribution in [2.75, 3.05) is 0 Å². The van der Waals surface area contributed by atoms with E-state index in [1.807, 2.05) is 18.5 Å². The molecule has 0 unspecified atom stereocenters. The number of hydrogen-bond acceptors (Lipinski definition) is 3. The van der Waals surface area contributed by atoms with Crippen LogP contribution in [-0.4, -0.2) is 23.3 Å². The fraction of sp³-hybridized carbons (Fsp3) is 0.273. The van der Waals surface area contributed by atoms with Crippen LogP contribution in [0, 0.1) is 0 Å². The van der Waals surface area contributed by atoms with E-state index in [0.29, 0.717) is 0 Å².